The van der Waals surface area contributed by atoms with Gasteiger partial charge in [-0.15, -0.1) is 6.58 Å². The van der Waals surface area contributed by atoms with Crippen molar-refractivity contribution in [3.63, 3.8) is 0 Å². The lowest BCUT2D eigenvalue weighted by Crippen LogP contribution is -2.52. The molecule has 3 heteroatoms. The van der Waals surface area contributed by atoms with Gasteiger partial charge in [0.2, 0.25) is 0 Å². The Bertz CT molecular complexity index is 331. The van der Waals surface area contributed by atoms with Gasteiger partial charge in [0.15, 0.2) is 0 Å². The second-order valence-electron chi connectivity index (χ2n) is 4.33. The zero-order valence-corrected chi connectivity index (χ0v) is 10.3. The largest absolute Gasteiger partial charge is 0.314 e. The number of hydrogen-bond donors (Lipinski definition) is 1. The standard InChI is InChI=1S/C14H21N3/c1-2-10-17(16-11-8-15-9-12-16)13-14-6-4-3-5-7-14/h2-7,15H,1,8-13H2. The molecule has 0 amide bonds. The molecule has 0 spiro atoms. The van der Waals surface area contributed by atoms with Crippen LogP contribution in [0.4, 0.5) is 0 Å². The lowest BCUT2D eigenvalue weighted by atomic mass is 10.2. The van der Waals surface area contributed by atoms with Crippen LogP contribution in [-0.4, -0.2) is 42.7 Å². The van der Waals surface area contributed by atoms with Gasteiger partial charge in [-0.2, -0.15) is 0 Å². The molecule has 1 aliphatic heterocycles. The van der Waals surface area contributed by atoms with Crippen LogP contribution in [0.25, 0.3) is 0 Å². The summed E-state index contributed by atoms with van der Waals surface area (Å²) in [4.78, 5) is 0. The molecule has 1 fully saturated rings. The van der Waals surface area contributed by atoms with Crippen LogP contribution in [0.5, 0.6) is 0 Å². The molecular formula is C14H21N3. The summed E-state index contributed by atoms with van der Waals surface area (Å²) in [6.45, 7) is 10.0. The van der Waals surface area contributed by atoms with Gasteiger partial charge in [-0.3, -0.25) is 0 Å². The first-order valence-corrected chi connectivity index (χ1v) is 6.25. The fourth-order valence-electron chi connectivity index (χ4n) is 2.16. The van der Waals surface area contributed by atoms with Crippen LogP contribution < -0.4 is 5.32 Å². The van der Waals surface area contributed by atoms with Crippen molar-refractivity contribution >= 4 is 0 Å². The summed E-state index contributed by atoms with van der Waals surface area (Å²) in [5.74, 6) is 0. The minimum Gasteiger partial charge on any atom is -0.314 e. The lowest BCUT2D eigenvalue weighted by molar-refractivity contribution is -0.0316. The van der Waals surface area contributed by atoms with Gasteiger partial charge in [0.05, 0.1) is 0 Å². The molecule has 1 aromatic carbocycles. The van der Waals surface area contributed by atoms with Gasteiger partial charge in [0.25, 0.3) is 0 Å². The average Bonchev–Trinajstić information content (AvgIpc) is 2.40. The molecule has 3 nitrogen and oxygen atoms in total. The summed E-state index contributed by atoms with van der Waals surface area (Å²) in [6, 6.07) is 10.6. The van der Waals surface area contributed by atoms with E-state index in [1.54, 1.807) is 0 Å². The lowest BCUT2D eigenvalue weighted by Gasteiger charge is -2.37. The molecule has 0 saturated carbocycles. The number of hydrogen-bond acceptors (Lipinski definition) is 3. The van der Waals surface area contributed by atoms with Crippen molar-refractivity contribution in [2.45, 2.75) is 6.54 Å². The smallest absolute Gasteiger partial charge is 0.0387 e. The van der Waals surface area contributed by atoms with E-state index >= 15 is 0 Å². The SMILES string of the molecule is C=CCN(Cc1ccccc1)N1CCNCC1. The van der Waals surface area contributed by atoms with Crippen LogP contribution in [-0.2, 0) is 6.54 Å². The number of nitrogens with zero attached hydrogens (tertiary/aromatic N) is 2. The minimum atomic E-state index is 0.912. The highest BCUT2D eigenvalue weighted by atomic mass is 15.6. The van der Waals surface area contributed by atoms with E-state index in [1.807, 2.05) is 6.08 Å². The van der Waals surface area contributed by atoms with Crippen LogP contribution in [0.15, 0.2) is 43.0 Å². The molecule has 0 radical (unpaired) electrons. The van der Waals surface area contributed by atoms with Gasteiger partial charge in [-0.05, 0) is 5.56 Å². The highest BCUT2D eigenvalue weighted by Gasteiger charge is 2.16. The van der Waals surface area contributed by atoms with Crippen molar-refractivity contribution in [1.29, 1.82) is 0 Å². The van der Waals surface area contributed by atoms with E-state index in [-0.39, 0.29) is 0 Å². The summed E-state index contributed by atoms with van der Waals surface area (Å²) in [5.41, 5.74) is 1.35. The Morgan fingerprint density at radius 1 is 1.24 bits per heavy atom. The van der Waals surface area contributed by atoms with Crippen LogP contribution in [0.2, 0.25) is 0 Å². The van der Waals surface area contributed by atoms with Gasteiger partial charge in [0, 0.05) is 39.3 Å². The predicted octanol–water partition coefficient (Wildman–Crippen LogP) is 1.49. The molecule has 0 atom stereocenters. The maximum absolute atomic E-state index is 3.85. The average molecular weight is 231 g/mol. The Balaban J connectivity index is 1.98. The highest BCUT2D eigenvalue weighted by Crippen LogP contribution is 2.08. The zero-order chi connectivity index (χ0) is 11.9. The summed E-state index contributed by atoms with van der Waals surface area (Å²) in [7, 11) is 0. The molecule has 17 heavy (non-hydrogen) atoms. The number of rotatable bonds is 5. The first kappa shape index (κ1) is 12.3. The molecule has 1 aromatic rings. The quantitative estimate of drug-likeness (QED) is 0.775. The molecular weight excluding hydrogens is 210 g/mol. The maximum atomic E-state index is 3.85. The van der Waals surface area contributed by atoms with Gasteiger partial charge in [-0.25, -0.2) is 10.0 Å². The second-order valence-corrected chi connectivity index (χ2v) is 4.33. The Labute approximate surface area is 104 Å². The van der Waals surface area contributed by atoms with Crippen molar-refractivity contribution < 1.29 is 0 Å². The minimum absolute atomic E-state index is 0.912. The molecule has 92 valence electrons. The second kappa shape index (κ2) is 6.55. The van der Waals surface area contributed by atoms with Crippen molar-refractivity contribution in [2.24, 2.45) is 0 Å². The van der Waals surface area contributed by atoms with E-state index in [1.165, 1.54) is 5.56 Å². The third-order valence-electron chi connectivity index (χ3n) is 3.04. The van der Waals surface area contributed by atoms with Crippen molar-refractivity contribution in [3.05, 3.63) is 48.6 Å². The molecule has 1 saturated heterocycles. The molecule has 0 aliphatic carbocycles. The van der Waals surface area contributed by atoms with E-state index in [9.17, 15) is 0 Å². The molecule has 0 unspecified atom stereocenters. The number of nitrogens with one attached hydrogen (secondary N) is 1. The molecule has 0 bridgehead atoms. The normalized spacial score (nSPS) is 17.2. The van der Waals surface area contributed by atoms with Crippen LogP contribution in [0.1, 0.15) is 5.56 Å². The van der Waals surface area contributed by atoms with E-state index in [2.05, 4.69) is 52.2 Å². The zero-order valence-electron chi connectivity index (χ0n) is 10.3. The number of benzene rings is 1. The fraction of sp³-hybridized carbons (Fsp3) is 0.429. The number of piperazine rings is 1. The van der Waals surface area contributed by atoms with Gasteiger partial charge in [0.1, 0.15) is 0 Å². The predicted molar refractivity (Wildman–Crippen MR) is 71.5 cm³/mol. The summed E-state index contributed by atoms with van der Waals surface area (Å²) >= 11 is 0. The third kappa shape index (κ3) is 3.66. The Kier molecular flexibility index (Phi) is 4.74. The van der Waals surface area contributed by atoms with Crippen LogP contribution in [0.3, 0.4) is 0 Å². The fourth-order valence-corrected chi connectivity index (χ4v) is 2.16. The number of hydrazine groups is 1. The van der Waals surface area contributed by atoms with E-state index in [4.69, 9.17) is 0 Å². The molecule has 2 rings (SSSR count). The van der Waals surface area contributed by atoms with E-state index < -0.39 is 0 Å². The first-order valence-electron chi connectivity index (χ1n) is 6.25. The molecule has 1 aliphatic rings. The topological polar surface area (TPSA) is 18.5 Å². The van der Waals surface area contributed by atoms with Crippen molar-refractivity contribution in [2.75, 3.05) is 32.7 Å². The Morgan fingerprint density at radius 3 is 2.59 bits per heavy atom. The van der Waals surface area contributed by atoms with E-state index in [0.717, 1.165) is 39.3 Å². The van der Waals surface area contributed by atoms with Crippen LogP contribution >= 0.6 is 0 Å². The molecule has 1 N–H and O–H groups in total. The first-order chi connectivity index (χ1) is 8.40. The molecule has 0 aromatic heterocycles. The van der Waals surface area contributed by atoms with E-state index in [0.29, 0.717) is 0 Å². The van der Waals surface area contributed by atoms with Gasteiger partial charge >= 0.3 is 0 Å². The van der Waals surface area contributed by atoms with Crippen LogP contribution in [0, 0.1) is 0 Å². The summed E-state index contributed by atoms with van der Waals surface area (Å²) in [5, 5.41) is 8.18. The summed E-state index contributed by atoms with van der Waals surface area (Å²) < 4.78 is 0. The Morgan fingerprint density at radius 2 is 1.94 bits per heavy atom. The Hall–Kier alpha value is -1.16. The van der Waals surface area contributed by atoms with Gasteiger partial charge in [-0.1, -0.05) is 36.4 Å². The maximum Gasteiger partial charge on any atom is 0.0387 e. The van der Waals surface area contributed by atoms with Crippen molar-refractivity contribution in [3.8, 4) is 0 Å². The summed E-state index contributed by atoms with van der Waals surface area (Å²) in [6.07, 6.45) is 1.98. The van der Waals surface area contributed by atoms with Gasteiger partial charge < -0.3 is 5.32 Å². The third-order valence-corrected chi connectivity index (χ3v) is 3.04. The van der Waals surface area contributed by atoms with Crippen molar-refractivity contribution in [1.82, 2.24) is 15.3 Å². The molecule has 1 heterocycles. The highest BCUT2D eigenvalue weighted by molar-refractivity contribution is 5.14. The monoisotopic (exact) mass is 231 g/mol.